The van der Waals surface area contributed by atoms with Gasteiger partial charge < -0.3 is 15.2 Å². The Balaban J connectivity index is 2.59. The number of nitro groups is 1. The van der Waals surface area contributed by atoms with E-state index in [9.17, 15) is 19.7 Å². The number of carboxylic acids is 1. The van der Waals surface area contributed by atoms with E-state index in [2.05, 4.69) is 0 Å². The third-order valence-electron chi connectivity index (χ3n) is 2.51. The second kappa shape index (κ2) is 7.07. The number of nitrogens with zero attached hydrogens (tertiary/aromatic N) is 1. The monoisotopic (exact) mass is 282 g/mol. The second-order valence-corrected chi connectivity index (χ2v) is 4.06. The molecule has 108 valence electrons. The van der Waals surface area contributed by atoms with Gasteiger partial charge in [0.1, 0.15) is 13.2 Å². The largest absolute Gasteiger partial charge is 0.480 e. The van der Waals surface area contributed by atoms with E-state index in [0.717, 1.165) is 0 Å². The van der Waals surface area contributed by atoms with Crippen LogP contribution in [0.15, 0.2) is 24.3 Å². The molecule has 8 heteroatoms. The highest BCUT2D eigenvalue weighted by Crippen LogP contribution is 2.26. The molecule has 0 saturated heterocycles. The van der Waals surface area contributed by atoms with Crippen LogP contribution in [0.3, 0.4) is 0 Å². The number of carboxylic acid groups (broad SMARTS) is 1. The molecule has 1 atom stereocenters. The average Bonchev–Trinajstić information content (AvgIpc) is 2.42. The standard InChI is InChI=1S/C12H14N2O6/c1-8(7-20-12(17)13-6-11(15)16)9-4-2-3-5-10(9)14(18)19/h2-5,8H,6-7H2,1H3,(H,13,17)(H,15,16). The van der Waals surface area contributed by atoms with Crippen LogP contribution in [0.2, 0.25) is 0 Å². The zero-order valence-corrected chi connectivity index (χ0v) is 10.7. The molecule has 1 amide bonds. The van der Waals surface area contributed by atoms with Crippen molar-refractivity contribution in [3.05, 3.63) is 39.9 Å². The van der Waals surface area contributed by atoms with Crippen LogP contribution in [0, 0.1) is 10.1 Å². The molecule has 0 spiro atoms. The zero-order valence-electron chi connectivity index (χ0n) is 10.7. The number of amides is 1. The highest BCUT2D eigenvalue weighted by molar-refractivity contribution is 5.76. The Morgan fingerprint density at radius 3 is 2.70 bits per heavy atom. The van der Waals surface area contributed by atoms with Gasteiger partial charge in [0.2, 0.25) is 0 Å². The van der Waals surface area contributed by atoms with E-state index >= 15 is 0 Å². The number of benzene rings is 1. The van der Waals surface area contributed by atoms with Gasteiger partial charge in [-0.25, -0.2) is 4.79 Å². The van der Waals surface area contributed by atoms with Crippen LogP contribution in [0.4, 0.5) is 10.5 Å². The van der Waals surface area contributed by atoms with Crippen molar-refractivity contribution >= 4 is 17.7 Å². The Morgan fingerprint density at radius 1 is 1.45 bits per heavy atom. The molecule has 0 aromatic heterocycles. The molecule has 0 fully saturated rings. The van der Waals surface area contributed by atoms with E-state index in [1.807, 2.05) is 5.32 Å². The number of aliphatic carboxylic acids is 1. The predicted octanol–water partition coefficient (Wildman–Crippen LogP) is 1.51. The predicted molar refractivity (Wildman–Crippen MR) is 68.5 cm³/mol. The van der Waals surface area contributed by atoms with Crippen LogP contribution in [-0.4, -0.2) is 35.2 Å². The molecule has 1 aromatic rings. The van der Waals surface area contributed by atoms with Gasteiger partial charge in [0.15, 0.2) is 0 Å². The van der Waals surface area contributed by atoms with Crippen molar-refractivity contribution in [3.8, 4) is 0 Å². The van der Waals surface area contributed by atoms with Crippen LogP contribution < -0.4 is 5.32 Å². The molecule has 0 aliphatic carbocycles. The van der Waals surface area contributed by atoms with Crippen LogP contribution in [0.5, 0.6) is 0 Å². The van der Waals surface area contributed by atoms with Crippen molar-refractivity contribution in [2.24, 2.45) is 0 Å². The summed E-state index contributed by atoms with van der Waals surface area (Å²) in [5.41, 5.74) is 0.401. The summed E-state index contributed by atoms with van der Waals surface area (Å²) < 4.78 is 4.81. The van der Waals surface area contributed by atoms with E-state index in [-0.39, 0.29) is 18.2 Å². The summed E-state index contributed by atoms with van der Waals surface area (Å²) in [6, 6.07) is 6.16. The molecule has 1 unspecified atom stereocenters. The SMILES string of the molecule is CC(COC(=O)NCC(=O)O)c1ccccc1[N+](=O)[O-]. The number of carbonyl (C=O) groups is 2. The minimum atomic E-state index is -1.19. The fourth-order valence-electron chi connectivity index (χ4n) is 1.56. The van der Waals surface area contributed by atoms with Crippen LogP contribution in [0.25, 0.3) is 0 Å². The number of para-hydroxylation sites is 1. The number of rotatable bonds is 6. The Kier molecular flexibility index (Phi) is 5.45. The normalized spacial score (nSPS) is 11.4. The Labute approximate surface area is 114 Å². The lowest BCUT2D eigenvalue weighted by molar-refractivity contribution is -0.385. The van der Waals surface area contributed by atoms with Crippen molar-refractivity contribution in [1.29, 1.82) is 0 Å². The number of nitro benzene ring substituents is 1. The smallest absolute Gasteiger partial charge is 0.407 e. The number of carbonyl (C=O) groups excluding carboxylic acids is 1. The van der Waals surface area contributed by atoms with Gasteiger partial charge in [0.25, 0.3) is 5.69 Å². The lowest BCUT2D eigenvalue weighted by Gasteiger charge is -2.12. The molecule has 2 N–H and O–H groups in total. The maximum Gasteiger partial charge on any atom is 0.407 e. The van der Waals surface area contributed by atoms with E-state index < -0.39 is 23.5 Å². The molecule has 0 bridgehead atoms. The first-order valence-electron chi connectivity index (χ1n) is 5.77. The van der Waals surface area contributed by atoms with E-state index in [0.29, 0.717) is 5.56 Å². The van der Waals surface area contributed by atoms with Gasteiger partial charge in [-0.2, -0.15) is 0 Å². The Morgan fingerprint density at radius 2 is 2.10 bits per heavy atom. The van der Waals surface area contributed by atoms with Crippen molar-refractivity contribution in [3.63, 3.8) is 0 Å². The van der Waals surface area contributed by atoms with E-state index in [1.54, 1.807) is 25.1 Å². The average molecular weight is 282 g/mol. The van der Waals surface area contributed by atoms with Gasteiger partial charge in [-0.1, -0.05) is 25.1 Å². The molecular formula is C12H14N2O6. The summed E-state index contributed by atoms with van der Waals surface area (Å²) in [5, 5.41) is 21.3. The lowest BCUT2D eigenvalue weighted by atomic mass is 10.0. The molecule has 0 heterocycles. The van der Waals surface area contributed by atoms with Crippen molar-refractivity contribution < 1.29 is 24.4 Å². The third kappa shape index (κ3) is 4.56. The minimum absolute atomic E-state index is 0.0467. The summed E-state index contributed by atoms with van der Waals surface area (Å²) in [4.78, 5) is 31.8. The summed E-state index contributed by atoms with van der Waals surface area (Å²) in [6.45, 7) is 1.04. The topological polar surface area (TPSA) is 119 Å². The number of alkyl carbamates (subject to hydrolysis) is 1. The van der Waals surface area contributed by atoms with Gasteiger partial charge in [-0.15, -0.1) is 0 Å². The fraction of sp³-hybridized carbons (Fsp3) is 0.333. The maximum absolute atomic E-state index is 11.2. The lowest BCUT2D eigenvalue weighted by Crippen LogP contribution is -2.30. The molecule has 1 aromatic carbocycles. The highest BCUT2D eigenvalue weighted by Gasteiger charge is 2.19. The highest BCUT2D eigenvalue weighted by atomic mass is 16.6. The summed E-state index contributed by atoms with van der Waals surface area (Å²) in [6.07, 6.45) is -0.877. The number of hydrogen-bond acceptors (Lipinski definition) is 5. The van der Waals surface area contributed by atoms with Crippen molar-refractivity contribution in [1.82, 2.24) is 5.32 Å². The van der Waals surface area contributed by atoms with Gasteiger partial charge in [0.05, 0.1) is 4.92 Å². The molecular weight excluding hydrogens is 268 g/mol. The van der Waals surface area contributed by atoms with Crippen molar-refractivity contribution in [2.75, 3.05) is 13.2 Å². The summed E-state index contributed by atoms with van der Waals surface area (Å²) in [7, 11) is 0. The number of ether oxygens (including phenoxy) is 1. The van der Waals surface area contributed by atoms with Crippen molar-refractivity contribution in [2.45, 2.75) is 12.8 Å². The second-order valence-electron chi connectivity index (χ2n) is 4.06. The number of hydrogen-bond donors (Lipinski definition) is 2. The molecule has 1 rings (SSSR count). The first kappa shape index (κ1) is 15.4. The zero-order chi connectivity index (χ0) is 15.1. The molecule has 20 heavy (non-hydrogen) atoms. The van der Waals surface area contributed by atoms with E-state index in [1.165, 1.54) is 6.07 Å². The van der Waals surface area contributed by atoms with Crippen LogP contribution in [0.1, 0.15) is 18.4 Å². The minimum Gasteiger partial charge on any atom is -0.480 e. The van der Waals surface area contributed by atoms with Gasteiger partial charge in [0, 0.05) is 17.5 Å². The molecule has 0 aliphatic rings. The van der Waals surface area contributed by atoms with Crippen LogP contribution >= 0.6 is 0 Å². The summed E-state index contributed by atoms with van der Waals surface area (Å²) >= 11 is 0. The first-order valence-corrected chi connectivity index (χ1v) is 5.77. The summed E-state index contributed by atoms with van der Waals surface area (Å²) in [5.74, 6) is -1.57. The molecule has 0 saturated carbocycles. The Bertz CT molecular complexity index is 516. The Hall–Kier alpha value is -2.64. The fourth-order valence-corrected chi connectivity index (χ4v) is 1.56. The molecule has 0 aliphatic heterocycles. The number of nitrogens with one attached hydrogen (secondary N) is 1. The van der Waals surface area contributed by atoms with Gasteiger partial charge >= 0.3 is 12.1 Å². The maximum atomic E-state index is 11.2. The van der Waals surface area contributed by atoms with Gasteiger partial charge in [-0.05, 0) is 0 Å². The van der Waals surface area contributed by atoms with Crippen LogP contribution in [-0.2, 0) is 9.53 Å². The first-order chi connectivity index (χ1) is 9.41. The van der Waals surface area contributed by atoms with E-state index in [4.69, 9.17) is 9.84 Å². The molecule has 8 nitrogen and oxygen atoms in total. The quantitative estimate of drug-likeness (QED) is 0.603. The third-order valence-corrected chi connectivity index (χ3v) is 2.51. The van der Waals surface area contributed by atoms with Gasteiger partial charge in [-0.3, -0.25) is 14.9 Å². The molecule has 0 radical (unpaired) electrons.